The maximum absolute atomic E-state index is 12.2. The Labute approximate surface area is 290 Å². The van der Waals surface area contributed by atoms with Crippen LogP contribution in [-0.4, -0.2) is 20.9 Å². The number of hydrogen-bond acceptors (Lipinski definition) is 4. The second kappa shape index (κ2) is 15.6. The SMILES string of the molecule is CCC(C)(CC)C(=O)/C=C(\O)C(C)(CC)CC.Cc1ccc2c(c1)CCc1cnc(-c3[c-]c4ccccc4c(C(C)C)c3)nc1-2.[Ir]. The molecule has 1 radical (unpaired) electrons. The van der Waals surface area contributed by atoms with Crippen LogP contribution in [0.5, 0.6) is 0 Å². The van der Waals surface area contributed by atoms with E-state index in [1.165, 1.54) is 39.3 Å². The van der Waals surface area contributed by atoms with Gasteiger partial charge in [0.15, 0.2) is 5.78 Å². The van der Waals surface area contributed by atoms with Crippen molar-refractivity contribution in [3.8, 4) is 22.6 Å². The molecule has 4 aromatic rings. The number of benzene rings is 3. The van der Waals surface area contributed by atoms with Gasteiger partial charge in [-0.1, -0.05) is 108 Å². The number of carbonyl (C=O) groups excluding carboxylic acids is 1. The first-order chi connectivity index (χ1) is 21.4. The Morgan fingerprint density at radius 2 is 1.57 bits per heavy atom. The molecule has 0 saturated carbocycles. The van der Waals surface area contributed by atoms with E-state index < -0.39 is 0 Å². The van der Waals surface area contributed by atoms with Crippen molar-refractivity contribution in [1.29, 1.82) is 0 Å². The van der Waals surface area contributed by atoms with Crippen molar-refractivity contribution < 1.29 is 30.0 Å². The monoisotopic (exact) mass is 796 g/mol. The summed E-state index contributed by atoms with van der Waals surface area (Å²) >= 11 is 0. The number of rotatable bonds is 9. The number of allylic oxidation sites excluding steroid dienone is 2. The average molecular weight is 796 g/mol. The zero-order valence-electron chi connectivity index (χ0n) is 29.2. The number of aromatic nitrogens is 2. The van der Waals surface area contributed by atoms with Crippen molar-refractivity contribution in [2.24, 2.45) is 10.8 Å². The summed E-state index contributed by atoms with van der Waals surface area (Å²) in [6.07, 6.45) is 8.83. The first kappa shape index (κ1) is 37.3. The molecule has 1 aliphatic rings. The summed E-state index contributed by atoms with van der Waals surface area (Å²) in [7, 11) is 0. The molecule has 4 nitrogen and oxygen atoms in total. The summed E-state index contributed by atoms with van der Waals surface area (Å²) in [5, 5.41) is 12.5. The van der Waals surface area contributed by atoms with E-state index in [2.05, 4.69) is 75.4 Å². The Balaban J connectivity index is 0.000000280. The van der Waals surface area contributed by atoms with Gasteiger partial charge in [0.05, 0.1) is 11.5 Å². The van der Waals surface area contributed by atoms with E-state index >= 15 is 0 Å². The van der Waals surface area contributed by atoms with Gasteiger partial charge in [-0.25, -0.2) is 0 Å². The van der Waals surface area contributed by atoms with Crippen LogP contribution in [0.25, 0.3) is 33.4 Å². The molecule has 5 heteroatoms. The van der Waals surface area contributed by atoms with E-state index in [1.54, 1.807) is 0 Å². The van der Waals surface area contributed by atoms with Gasteiger partial charge in [0.1, 0.15) is 5.76 Å². The maximum atomic E-state index is 12.2. The molecule has 0 atom stereocenters. The van der Waals surface area contributed by atoms with Crippen LogP contribution in [0.3, 0.4) is 0 Å². The molecule has 0 amide bonds. The van der Waals surface area contributed by atoms with Gasteiger partial charge < -0.3 is 5.11 Å². The molecule has 46 heavy (non-hydrogen) atoms. The van der Waals surface area contributed by atoms with Crippen molar-refractivity contribution in [2.75, 3.05) is 0 Å². The predicted molar refractivity (Wildman–Crippen MR) is 189 cm³/mol. The molecule has 0 fully saturated rings. The number of aryl methyl sites for hydroxylation is 3. The summed E-state index contributed by atoms with van der Waals surface area (Å²) < 4.78 is 0. The van der Waals surface area contributed by atoms with Gasteiger partial charge in [-0.3, -0.25) is 14.8 Å². The van der Waals surface area contributed by atoms with Crippen molar-refractivity contribution in [3.63, 3.8) is 0 Å². The molecule has 0 unspecified atom stereocenters. The Morgan fingerprint density at radius 1 is 0.935 bits per heavy atom. The first-order valence-electron chi connectivity index (χ1n) is 16.8. The van der Waals surface area contributed by atoms with Crippen LogP contribution in [0, 0.1) is 23.8 Å². The second-order valence-corrected chi connectivity index (χ2v) is 13.5. The Morgan fingerprint density at radius 3 is 2.20 bits per heavy atom. The first-order valence-corrected chi connectivity index (χ1v) is 16.8. The van der Waals surface area contributed by atoms with E-state index in [-0.39, 0.29) is 42.5 Å². The molecule has 247 valence electrons. The second-order valence-electron chi connectivity index (χ2n) is 13.5. The fourth-order valence-corrected chi connectivity index (χ4v) is 5.92. The Hall–Kier alpha value is -3.14. The largest absolute Gasteiger partial charge is 0.512 e. The predicted octanol–water partition coefficient (Wildman–Crippen LogP) is 10.9. The van der Waals surface area contributed by atoms with Crippen LogP contribution < -0.4 is 0 Å². The molecule has 1 aliphatic carbocycles. The normalized spacial score (nSPS) is 13.0. The van der Waals surface area contributed by atoms with Crippen LogP contribution in [0.4, 0.5) is 0 Å². The Bertz CT molecular complexity index is 1700. The molecular weight excluding hydrogens is 745 g/mol. The Kier molecular flexibility index (Phi) is 12.7. The minimum atomic E-state index is -0.337. The van der Waals surface area contributed by atoms with Gasteiger partial charge in [-0.2, -0.15) is 0 Å². The third kappa shape index (κ3) is 7.86. The minimum Gasteiger partial charge on any atom is -0.512 e. The van der Waals surface area contributed by atoms with E-state index in [1.807, 2.05) is 47.7 Å². The number of carbonyl (C=O) groups is 1. The maximum Gasteiger partial charge on any atom is 0.164 e. The van der Waals surface area contributed by atoms with E-state index in [0.717, 1.165) is 61.0 Å². The van der Waals surface area contributed by atoms with Crippen molar-refractivity contribution in [1.82, 2.24) is 9.97 Å². The van der Waals surface area contributed by atoms with Gasteiger partial charge in [0, 0.05) is 48.8 Å². The summed E-state index contributed by atoms with van der Waals surface area (Å²) in [4.78, 5) is 21.9. The molecular formula is C41H51IrN2O2-. The van der Waals surface area contributed by atoms with Gasteiger partial charge in [0.2, 0.25) is 0 Å². The van der Waals surface area contributed by atoms with Crippen LogP contribution in [0.15, 0.2) is 66.6 Å². The number of fused-ring (bicyclic) bond motifs is 4. The molecule has 1 N–H and O–H groups in total. The van der Waals surface area contributed by atoms with Crippen molar-refractivity contribution >= 4 is 16.6 Å². The molecule has 0 saturated heterocycles. The molecule has 0 bridgehead atoms. The summed E-state index contributed by atoms with van der Waals surface area (Å²) in [5.41, 5.74) is 7.97. The third-order valence-electron chi connectivity index (χ3n) is 10.3. The van der Waals surface area contributed by atoms with E-state index in [9.17, 15) is 9.90 Å². The van der Waals surface area contributed by atoms with E-state index in [4.69, 9.17) is 9.97 Å². The standard InChI is InChI=1S/C26H23N2.C15H28O2.Ir/c1-16(2)24-14-21(13-18-6-4-5-7-22(18)24)26-27-15-20-10-9-19-12-17(3)8-11-23(19)25(20)28-26;1-7-14(5,8-2)12(16)11-13(17)15(6,9-3)10-4;/h4-8,11-12,14-16H,9-10H2,1-3H3;11,16H,7-10H2,1-6H3;/q-1;;/b;12-11-;. The fourth-order valence-electron chi connectivity index (χ4n) is 5.92. The summed E-state index contributed by atoms with van der Waals surface area (Å²) in [5.74, 6) is 1.48. The molecule has 3 aromatic carbocycles. The van der Waals surface area contributed by atoms with Crippen molar-refractivity contribution in [2.45, 2.75) is 107 Å². The quantitative estimate of drug-likeness (QED) is 0.104. The molecule has 1 aromatic heterocycles. The van der Waals surface area contributed by atoms with Crippen LogP contribution in [0.2, 0.25) is 0 Å². The number of ketones is 1. The minimum absolute atomic E-state index is 0. The average Bonchev–Trinajstić information content (AvgIpc) is 3.06. The smallest absolute Gasteiger partial charge is 0.164 e. The molecule has 0 spiro atoms. The van der Waals surface area contributed by atoms with Gasteiger partial charge in [0.25, 0.3) is 0 Å². The van der Waals surface area contributed by atoms with Gasteiger partial charge in [-0.15, -0.1) is 29.1 Å². The number of nitrogens with zero attached hydrogens (tertiary/aromatic N) is 2. The van der Waals surface area contributed by atoms with Gasteiger partial charge >= 0.3 is 0 Å². The topological polar surface area (TPSA) is 63.1 Å². The third-order valence-corrected chi connectivity index (χ3v) is 10.3. The van der Waals surface area contributed by atoms with E-state index in [0.29, 0.717) is 5.92 Å². The molecule has 0 aliphatic heterocycles. The zero-order valence-corrected chi connectivity index (χ0v) is 31.6. The van der Waals surface area contributed by atoms with Crippen LogP contribution in [0.1, 0.15) is 109 Å². The summed E-state index contributed by atoms with van der Waals surface area (Å²) in [6, 6.07) is 20.9. The van der Waals surface area contributed by atoms with Crippen molar-refractivity contribution in [3.05, 3.63) is 94.9 Å². The number of aliphatic hydroxyl groups is 1. The zero-order chi connectivity index (χ0) is 32.9. The fraction of sp³-hybridized carbons (Fsp3) is 0.439. The van der Waals surface area contributed by atoms with Crippen LogP contribution >= 0.6 is 0 Å². The molecule has 1 heterocycles. The van der Waals surface area contributed by atoms with Crippen LogP contribution in [-0.2, 0) is 37.7 Å². The number of aliphatic hydroxyl groups excluding tert-OH is 1. The number of hydrogen-bond donors (Lipinski definition) is 1. The molecule has 5 rings (SSSR count). The summed E-state index contributed by atoms with van der Waals surface area (Å²) in [6.45, 7) is 18.7. The van der Waals surface area contributed by atoms with Gasteiger partial charge in [-0.05, 0) is 62.5 Å².